The van der Waals surface area contributed by atoms with Crippen molar-refractivity contribution < 1.29 is 31.1 Å². The van der Waals surface area contributed by atoms with Gasteiger partial charge in [0.2, 0.25) is 0 Å². The van der Waals surface area contributed by atoms with E-state index >= 15 is 4.39 Å². The molecule has 1 nitrogen and oxygen atoms in total. The molecule has 1 aliphatic rings. The number of alkyl halides is 3. The Morgan fingerprint density at radius 1 is 0.868 bits per heavy atom. The summed E-state index contributed by atoms with van der Waals surface area (Å²) in [6.07, 6.45) is 5.15. The summed E-state index contributed by atoms with van der Waals surface area (Å²) in [6.45, 7) is 0.398. The summed E-state index contributed by atoms with van der Waals surface area (Å²) in [6, 6.07) is 10.6. The van der Waals surface area contributed by atoms with Crippen molar-refractivity contribution in [3.05, 3.63) is 76.6 Å². The summed E-state index contributed by atoms with van der Waals surface area (Å²) in [4.78, 5) is 0. The largest absolute Gasteiger partial charge is 0.478 e. The lowest BCUT2D eigenvalue weighted by Gasteiger charge is -2.29. The monoisotopic (exact) mass is 532 g/mol. The van der Waals surface area contributed by atoms with Gasteiger partial charge < -0.3 is 4.74 Å². The number of ether oxygens (including phenoxy) is 1. The zero-order valence-electron chi connectivity index (χ0n) is 21.2. The highest BCUT2D eigenvalue weighted by atomic mass is 19.4. The molecule has 0 aliphatic heterocycles. The maximum Gasteiger partial charge on any atom is 0.422 e. The van der Waals surface area contributed by atoms with Gasteiger partial charge in [-0.25, -0.2) is 13.2 Å². The third kappa shape index (κ3) is 7.03. The van der Waals surface area contributed by atoms with Crippen LogP contribution in [0, 0.1) is 35.2 Å². The van der Waals surface area contributed by atoms with Crippen molar-refractivity contribution in [3.8, 4) is 17.6 Å². The first kappa shape index (κ1) is 27.9. The molecule has 0 bridgehead atoms. The molecule has 0 saturated heterocycles. The summed E-state index contributed by atoms with van der Waals surface area (Å²) < 4.78 is 84.5. The van der Waals surface area contributed by atoms with E-state index in [-0.39, 0.29) is 11.1 Å². The van der Waals surface area contributed by atoms with Crippen molar-refractivity contribution in [2.45, 2.75) is 70.4 Å². The topological polar surface area (TPSA) is 9.23 Å². The van der Waals surface area contributed by atoms with Crippen LogP contribution in [0.5, 0.6) is 5.75 Å². The predicted octanol–water partition coefficient (Wildman–Crippen LogP) is 9.45. The van der Waals surface area contributed by atoms with Gasteiger partial charge in [0, 0.05) is 10.9 Å². The third-order valence-electron chi connectivity index (χ3n) is 7.23. The standard InChI is InChI=1S/C31H30F6O/c1-2-3-4-5-20-6-9-22(10-7-20)24-14-15-26-25(18-24)13-12-23(29(26)34)11-8-21-16-27(32)30(28(33)17-21)38-19-31(35,36)37/h12-18,20,22H,2-7,9-10,19H2,1H3. The van der Waals surface area contributed by atoms with Gasteiger partial charge in [-0.1, -0.05) is 68.7 Å². The molecule has 0 amide bonds. The molecule has 1 aliphatic carbocycles. The lowest BCUT2D eigenvalue weighted by atomic mass is 9.77. The molecule has 0 heterocycles. The van der Waals surface area contributed by atoms with E-state index in [0.29, 0.717) is 11.3 Å². The number of unbranched alkanes of at least 4 members (excludes halogenated alkanes) is 2. The summed E-state index contributed by atoms with van der Waals surface area (Å²) in [5.41, 5.74) is 1.11. The minimum absolute atomic E-state index is 0.0519. The molecule has 0 aromatic heterocycles. The number of halogens is 6. The quantitative estimate of drug-likeness (QED) is 0.167. The van der Waals surface area contributed by atoms with Crippen LogP contribution in [0.15, 0.2) is 42.5 Å². The Labute approximate surface area is 219 Å². The van der Waals surface area contributed by atoms with Gasteiger partial charge in [-0.15, -0.1) is 0 Å². The normalized spacial score (nSPS) is 17.8. The fourth-order valence-electron chi connectivity index (χ4n) is 5.19. The van der Waals surface area contributed by atoms with Gasteiger partial charge in [0.25, 0.3) is 0 Å². The van der Waals surface area contributed by atoms with E-state index in [2.05, 4.69) is 23.5 Å². The maximum atomic E-state index is 15.2. The van der Waals surface area contributed by atoms with E-state index in [0.717, 1.165) is 36.3 Å². The van der Waals surface area contributed by atoms with Crippen LogP contribution < -0.4 is 4.74 Å². The first-order valence-electron chi connectivity index (χ1n) is 13.1. The molecule has 38 heavy (non-hydrogen) atoms. The van der Waals surface area contributed by atoms with Crippen LogP contribution in [0.1, 0.15) is 80.9 Å². The van der Waals surface area contributed by atoms with Gasteiger partial charge in [0.05, 0.1) is 5.56 Å². The molecule has 0 atom stereocenters. The average Bonchev–Trinajstić information content (AvgIpc) is 2.87. The van der Waals surface area contributed by atoms with Crippen LogP contribution in [0.3, 0.4) is 0 Å². The zero-order chi connectivity index (χ0) is 27.3. The number of hydrogen-bond acceptors (Lipinski definition) is 1. The average molecular weight is 533 g/mol. The second-order valence-electron chi connectivity index (χ2n) is 10.0. The van der Waals surface area contributed by atoms with Crippen molar-refractivity contribution in [2.24, 2.45) is 5.92 Å². The number of hydrogen-bond donors (Lipinski definition) is 0. The van der Waals surface area contributed by atoms with E-state index in [4.69, 9.17) is 0 Å². The zero-order valence-corrected chi connectivity index (χ0v) is 21.2. The van der Waals surface area contributed by atoms with E-state index in [9.17, 15) is 22.0 Å². The smallest absolute Gasteiger partial charge is 0.422 e. The molecule has 0 unspecified atom stereocenters. The molecule has 3 aromatic carbocycles. The van der Waals surface area contributed by atoms with Crippen LogP contribution >= 0.6 is 0 Å². The van der Waals surface area contributed by atoms with Crippen LogP contribution in [0.25, 0.3) is 10.8 Å². The third-order valence-corrected chi connectivity index (χ3v) is 7.23. The highest BCUT2D eigenvalue weighted by Crippen LogP contribution is 2.39. The SMILES string of the molecule is CCCCCC1CCC(c2ccc3c(F)c(C#Cc4cc(F)c(OCC(F)(F)F)c(F)c4)ccc3c2)CC1. The molecule has 202 valence electrons. The summed E-state index contributed by atoms with van der Waals surface area (Å²) in [5, 5.41) is 1.17. The molecule has 3 aromatic rings. The van der Waals surface area contributed by atoms with Crippen molar-refractivity contribution in [3.63, 3.8) is 0 Å². The van der Waals surface area contributed by atoms with Gasteiger partial charge in [0.1, 0.15) is 5.82 Å². The molecule has 0 radical (unpaired) electrons. The van der Waals surface area contributed by atoms with E-state index in [1.807, 2.05) is 12.1 Å². The molecule has 0 spiro atoms. The fraction of sp³-hybridized carbons (Fsp3) is 0.419. The number of rotatable bonds is 7. The summed E-state index contributed by atoms with van der Waals surface area (Å²) in [7, 11) is 0. The molecule has 4 rings (SSSR count). The van der Waals surface area contributed by atoms with Crippen molar-refractivity contribution in [1.29, 1.82) is 0 Å². The Kier molecular flexibility index (Phi) is 8.91. The fourth-order valence-corrected chi connectivity index (χ4v) is 5.19. The van der Waals surface area contributed by atoms with Gasteiger partial charge in [-0.3, -0.25) is 0 Å². The lowest BCUT2D eigenvalue weighted by Crippen LogP contribution is -2.20. The molecular formula is C31H30F6O. The second kappa shape index (κ2) is 12.1. The van der Waals surface area contributed by atoms with Gasteiger partial charge in [-0.2, -0.15) is 13.2 Å². The highest BCUT2D eigenvalue weighted by Gasteiger charge is 2.30. The number of benzene rings is 3. The molecule has 0 N–H and O–H groups in total. The number of fused-ring (bicyclic) bond motifs is 1. The molecular weight excluding hydrogens is 502 g/mol. The van der Waals surface area contributed by atoms with E-state index < -0.39 is 36.0 Å². The Morgan fingerprint density at radius 3 is 2.24 bits per heavy atom. The molecule has 7 heteroatoms. The maximum absolute atomic E-state index is 15.2. The first-order valence-corrected chi connectivity index (χ1v) is 13.1. The van der Waals surface area contributed by atoms with Crippen LogP contribution in [-0.4, -0.2) is 12.8 Å². The van der Waals surface area contributed by atoms with Crippen LogP contribution in [0.2, 0.25) is 0 Å². The Hall–Kier alpha value is -3.14. The van der Waals surface area contributed by atoms with Crippen LogP contribution in [0.4, 0.5) is 26.3 Å². The van der Waals surface area contributed by atoms with Crippen LogP contribution in [-0.2, 0) is 0 Å². The van der Waals surface area contributed by atoms with Gasteiger partial charge >= 0.3 is 6.18 Å². The van der Waals surface area contributed by atoms with Crippen molar-refractivity contribution in [1.82, 2.24) is 0 Å². The van der Waals surface area contributed by atoms with E-state index in [1.54, 1.807) is 12.1 Å². The molecule has 1 saturated carbocycles. The minimum atomic E-state index is -4.74. The van der Waals surface area contributed by atoms with Crippen molar-refractivity contribution in [2.75, 3.05) is 6.61 Å². The first-order chi connectivity index (χ1) is 18.1. The summed E-state index contributed by atoms with van der Waals surface area (Å²) >= 11 is 0. The lowest BCUT2D eigenvalue weighted by molar-refractivity contribution is -0.154. The summed E-state index contributed by atoms with van der Waals surface area (Å²) in [5.74, 6) is 2.03. The molecule has 1 fully saturated rings. The van der Waals surface area contributed by atoms with Crippen molar-refractivity contribution >= 4 is 10.8 Å². The van der Waals surface area contributed by atoms with Gasteiger partial charge in [0.15, 0.2) is 24.0 Å². The minimum Gasteiger partial charge on any atom is -0.478 e. The Morgan fingerprint density at radius 2 is 1.58 bits per heavy atom. The Balaban J connectivity index is 1.47. The predicted molar refractivity (Wildman–Crippen MR) is 137 cm³/mol. The van der Waals surface area contributed by atoms with Gasteiger partial charge in [-0.05, 0) is 66.7 Å². The van der Waals surface area contributed by atoms with E-state index in [1.165, 1.54) is 50.2 Å². The highest BCUT2D eigenvalue weighted by molar-refractivity contribution is 5.85. The second-order valence-corrected chi connectivity index (χ2v) is 10.0. The Bertz CT molecular complexity index is 1300.